The van der Waals surface area contributed by atoms with E-state index in [9.17, 15) is 14.4 Å². The van der Waals surface area contributed by atoms with Gasteiger partial charge in [-0.25, -0.2) is 4.79 Å². The number of hydrogen-bond donors (Lipinski definition) is 2. The third kappa shape index (κ3) is 3.19. The molecule has 118 valence electrons. The third-order valence-corrected chi connectivity index (χ3v) is 3.36. The van der Waals surface area contributed by atoms with Gasteiger partial charge >= 0.3 is 5.69 Å². The fraction of sp³-hybridized carbons (Fsp3) is 0.400. The molecule has 2 amide bonds. The highest BCUT2D eigenvalue weighted by atomic mass is 16.2. The minimum atomic E-state index is -0.368. The molecular weight excluding hydrogens is 284 g/mol. The monoisotopic (exact) mass is 304 g/mol. The van der Waals surface area contributed by atoms with Crippen LogP contribution in [0.25, 0.3) is 11.0 Å². The van der Waals surface area contributed by atoms with E-state index in [-0.39, 0.29) is 30.6 Å². The van der Waals surface area contributed by atoms with Crippen molar-refractivity contribution in [2.24, 2.45) is 0 Å². The Labute approximate surface area is 127 Å². The van der Waals surface area contributed by atoms with Gasteiger partial charge < -0.3 is 10.6 Å². The molecule has 7 heteroatoms. The number of nitrogens with zero attached hydrogens (tertiary/aromatic N) is 2. The Morgan fingerprint density at radius 3 is 2.23 bits per heavy atom. The number of para-hydroxylation sites is 2. The molecular formula is C15H20N4O3. The Bertz CT molecular complexity index is 745. The van der Waals surface area contributed by atoms with E-state index in [0.717, 1.165) is 5.52 Å². The maximum Gasteiger partial charge on any atom is 0.329 e. The number of aromatic nitrogens is 2. The lowest BCUT2D eigenvalue weighted by molar-refractivity contribution is -0.126. The predicted molar refractivity (Wildman–Crippen MR) is 83.6 cm³/mol. The summed E-state index contributed by atoms with van der Waals surface area (Å²) < 4.78 is 3.04. The van der Waals surface area contributed by atoms with Crippen LogP contribution >= 0.6 is 0 Å². The normalized spacial score (nSPS) is 10.6. The van der Waals surface area contributed by atoms with Crippen molar-refractivity contribution >= 4 is 22.8 Å². The zero-order chi connectivity index (χ0) is 16.1. The van der Waals surface area contributed by atoms with Crippen molar-refractivity contribution in [2.45, 2.75) is 26.9 Å². The molecule has 0 bridgehead atoms. The van der Waals surface area contributed by atoms with Gasteiger partial charge in [-0.15, -0.1) is 0 Å². The minimum absolute atomic E-state index is 0.0894. The molecule has 1 heterocycles. The molecule has 0 atom stereocenters. The lowest BCUT2D eigenvalue weighted by Crippen LogP contribution is -2.39. The van der Waals surface area contributed by atoms with Gasteiger partial charge in [0, 0.05) is 13.1 Å². The minimum Gasteiger partial charge on any atom is -0.355 e. The van der Waals surface area contributed by atoms with E-state index in [4.69, 9.17) is 0 Å². The van der Waals surface area contributed by atoms with Gasteiger partial charge in [-0.05, 0) is 26.0 Å². The molecule has 0 aliphatic carbocycles. The van der Waals surface area contributed by atoms with Crippen molar-refractivity contribution in [3.63, 3.8) is 0 Å². The van der Waals surface area contributed by atoms with Gasteiger partial charge in [0.1, 0.15) is 6.54 Å². The molecule has 0 saturated carbocycles. The van der Waals surface area contributed by atoms with E-state index in [2.05, 4.69) is 10.6 Å². The SMILES string of the molecule is CCNC(=O)CNC(=O)Cn1c(=O)n(CC)c2ccccc21. The molecule has 2 rings (SSSR count). The second kappa shape index (κ2) is 6.93. The fourth-order valence-corrected chi connectivity index (χ4v) is 2.37. The first kappa shape index (κ1) is 15.8. The third-order valence-electron chi connectivity index (χ3n) is 3.36. The highest BCUT2D eigenvalue weighted by Gasteiger charge is 2.14. The molecule has 1 aromatic carbocycles. The number of hydrogen-bond acceptors (Lipinski definition) is 3. The van der Waals surface area contributed by atoms with E-state index < -0.39 is 0 Å². The highest BCUT2D eigenvalue weighted by molar-refractivity contribution is 5.85. The molecule has 2 N–H and O–H groups in total. The van der Waals surface area contributed by atoms with Crippen LogP contribution in [0, 0.1) is 0 Å². The van der Waals surface area contributed by atoms with E-state index >= 15 is 0 Å². The molecule has 0 aliphatic rings. The van der Waals surface area contributed by atoms with E-state index in [0.29, 0.717) is 18.6 Å². The van der Waals surface area contributed by atoms with Crippen LogP contribution in [0.4, 0.5) is 0 Å². The number of likely N-dealkylation sites (N-methyl/N-ethyl adjacent to an activating group) is 1. The molecule has 2 aromatic rings. The first-order valence-electron chi connectivity index (χ1n) is 7.30. The van der Waals surface area contributed by atoms with E-state index in [1.807, 2.05) is 25.1 Å². The van der Waals surface area contributed by atoms with Gasteiger partial charge in [-0.2, -0.15) is 0 Å². The summed E-state index contributed by atoms with van der Waals surface area (Å²) in [7, 11) is 0. The zero-order valence-electron chi connectivity index (χ0n) is 12.8. The highest BCUT2D eigenvalue weighted by Crippen LogP contribution is 2.12. The first-order chi connectivity index (χ1) is 10.6. The molecule has 0 unspecified atom stereocenters. The maximum atomic E-state index is 12.4. The summed E-state index contributed by atoms with van der Waals surface area (Å²) in [6.07, 6.45) is 0. The average molecular weight is 304 g/mol. The average Bonchev–Trinajstić information content (AvgIpc) is 2.78. The number of nitrogens with one attached hydrogen (secondary N) is 2. The van der Waals surface area contributed by atoms with Gasteiger partial charge in [-0.3, -0.25) is 18.7 Å². The largest absolute Gasteiger partial charge is 0.355 e. The van der Waals surface area contributed by atoms with Crippen molar-refractivity contribution in [2.75, 3.05) is 13.1 Å². The number of benzene rings is 1. The Morgan fingerprint density at radius 2 is 1.64 bits per heavy atom. The lowest BCUT2D eigenvalue weighted by atomic mass is 10.3. The Hall–Kier alpha value is -2.57. The number of carbonyl (C=O) groups is 2. The van der Waals surface area contributed by atoms with Crippen molar-refractivity contribution in [3.8, 4) is 0 Å². The molecule has 0 spiro atoms. The number of fused-ring (bicyclic) bond motifs is 1. The first-order valence-corrected chi connectivity index (χ1v) is 7.30. The number of carbonyl (C=O) groups excluding carboxylic acids is 2. The standard InChI is InChI=1S/C15H20N4O3/c1-3-16-13(20)9-17-14(21)10-19-12-8-6-5-7-11(12)18(4-2)15(19)22/h5-8H,3-4,9-10H2,1-2H3,(H,16,20)(H,17,21). The molecule has 1 aromatic heterocycles. The summed E-state index contributed by atoms with van der Waals surface area (Å²) in [5.41, 5.74) is 1.28. The van der Waals surface area contributed by atoms with Gasteiger partial charge in [-0.1, -0.05) is 12.1 Å². The number of aryl methyl sites for hydroxylation is 1. The van der Waals surface area contributed by atoms with Crippen molar-refractivity contribution < 1.29 is 9.59 Å². The van der Waals surface area contributed by atoms with Crippen LogP contribution in [0.2, 0.25) is 0 Å². The molecule has 0 fully saturated rings. The Balaban J connectivity index is 2.18. The smallest absolute Gasteiger partial charge is 0.329 e. The van der Waals surface area contributed by atoms with Crippen LogP contribution in [0.3, 0.4) is 0 Å². The molecule has 0 saturated heterocycles. The van der Waals surface area contributed by atoms with Crippen LogP contribution in [-0.2, 0) is 22.7 Å². The number of rotatable bonds is 6. The van der Waals surface area contributed by atoms with Crippen LogP contribution in [0.5, 0.6) is 0 Å². The molecule has 0 radical (unpaired) electrons. The summed E-state index contributed by atoms with van der Waals surface area (Å²) in [6.45, 7) is 4.54. The van der Waals surface area contributed by atoms with Crippen LogP contribution in [-0.4, -0.2) is 34.0 Å². The second-order valence-electron chi connectivity index (χ2n) is 4.83. The Kier molecular flexibility index (Phi) is 4.98. The van der Waals surface area contributed by atoms with E-state index in [1.54, 1.807) is 17.6 Å². The summed E-state index contributed by atoms with van der Waals surface area (Å²) in [5.74, 6) is -0.619. The Morgan fingerprint density at radius 1 is 1.00 bits per heavy atom. The summed E-state index contributed by atoms with van der Waals surface area (Å²) >= 11 is 0. The molecule has 0 aliphatic heterocycles. The van der Waals surface area contributed by atoms with Crippen molar-refractivity contribution in [1.82, 2.24) is 19.8 Å². The predicted octanol–water partition coefficient (Wildman–Crippen LogP) is 0.0752. The fourth-order valence-electron chi connectivity index (χ4n) is 2.37. The summed E-state index contributed by atoms with van der Waals surface area (Å²) in [5, 5.41) is 5.11. The van der Waals surface area contributed by atoms with E-state index in [1.165, 1.54) is 4.57 Å². The quantitative estimate of drug-likeness (QED) is 0.792. The number of imidazole rings is 1. The van der Waals surface area contributed by atoms with Gasteiger partial charge in [0.05, 0.1) is 17.6 Å². The van der Waals surface area contributed by atoms with Crippen LogP contribution in [0.15, 0.2) is 29.1 Å². The summed E-state index contributed by atoms with van der Waals surface area (Å²) in [4.78, 5) is 35.6. The molecule has 7 nitrogen and oxygen atoms in total. The number of amides is 2. The van der Waals surface area contributed by atoms with Crippen LogP contribution < -0.4 is 16.3 Å². The van der Waals surface area contributed by atoms with Gasteiger partial charge in [0.25, 0.3) is 0 Å². The van der Waals surface area contributed by atoms with Gasteiger partial charge in [0.15, 0.2) is 0 Å². The molecule has 22 heavy (non-hydrogen) atoms. The van der Waals surface area contributed by atoms with Crippen molar-refractivity contribution in [3.05, 3.63) is 34.7 Å². The zero-order valence-corrected chi connectivity index (χ0v) is 12.8. The summed E-state index contributed by atoms with van der Waals surface area (Å²) in [6, 6.07) is 7.33. The van der Waals surface area contributed by atoms with Crippen molar-refractivity contribution in [1.29, 1.82) is 0 Å². The van der Waals surface area contributed by atoms with Gasteiger partial charge in [0.2, 0.25) is 11.8 Å². The lowest BCUT2D eigenvalue weighted by Gasteiger charge is -2.06. The maximum absolute atomic E-state index is 12.4. The second-order valence-corrected chi connectivity index (χ2v) is 4.83. The topological polar surface area (TPSA) is 85.1 Å². The van der Waals surface area contributed by atoms with Crippen LogP contribution in [0.1, 0.15) is 13.8 Å².